The average molecular weight is 391 g/mol. The summed E-state index contributed by atoms with van der Waals surface area (Å²) < 4.78 is 31.7. The maximum atomic E-state index is 13.5. The van der Waals surface area contributed by atoms with E-state index in [0.717, 1.165) is 36.5 Å². The van der Waals surface area contributed by atoms with Crippen LogP contribution in [0.15, 0.2) is 47.1 Å². The highest BCUT2D eigenvalue weighted by Crippen LogP contribution is 2.26. The third kappa shape index (κ3) is 4.01. The zero-order valence-corrected chi connectivity index (χ0v) is 15.6. The van der Waals surface area contributed by atoms with Gasteiger partial charge in [-0.25, -0.2) is 18.6 Å². The van der Waals surface area contributed by atoms with Gasteiger partial charge >= 0.3 is 5.97 Å². The van der Waals surface area contributed by atoms with Gasteiger partial charge in [0.05, 0.1) is 10.6 Å². The predicted molar refractivity (Wildman–Crippen MR) is 102 cm³/mol. The molecule has 1 aliphatic heterocycles. The van der Waals surface area contributed by atoms with Crippen molar-refractivity contribution in [3.05, 3.63) is 69.9 Å². The molecule has 4 nitrogen and oxygen atoms in total. The second-order valence-corrected chi connectivity index (χ2v) is 6.25. The van der Waals surface area contributed by atoms with E-state index < -0.39 is 17.6 Å². The fraction of sp³-hybridized carbons (Fsp3) is 0.200. The topological polar surface area (TPSA) is 41.9 Å². The van der Waals surface area contributed by atoms with Crippen LogP contribution in [0.3, 0.4) is 0 Å². The molecule has 0 aromatic heterocycles. The Morgan fingerprint density at radius 2 is 1.74 bits per heavy atom. The smallest absolute Gasteiger partial charge is 0.363 e. The Morgan fingerprint density at radius 1 is 1.11 bits per heavy atom. The summed E-state index contributed by atoms with van der Waals surface area (Å²) >= 11 is 5.91. The van der Waals surface area contributed by atoms with Crippen molar-refractivity contribution in [3.63, 3.8) is 0 Å². The molecule has 140 valence electrons. The maximum Gasteiger partial charge on any atom is 0.363 e. The first kappa shape index (κ1) is 19.0. The zero-order chi connectivity index (χ0) is 19.6. The van der Waals surface area contributed by atoms with E-state index in [4.69, 9.17) is 16.3 Å². The summed E-state index contributed by atoms with van der Waals surface area (Å²) in [5, 5.41) is -0.0923. The van der Waals surface area contributed by atoms with Crippen molar-refractivity contribution in [2.24, 2.45) is 4.99 Å². The highest BCUT2D eigenvalue weighted by atomic mass is 35.5. The normalized spacial score (nSPS) is 15.1. The molecular weight excluding hydrogens is 374 g/mol. The summed E-state index contributed by atoms with van der Waals surface area (Å²) in [5.41, 5.74) is 1.92. The first-order chi connectivity index (χ1) is 12.9. The number of halogens is 3. The summed E-state index contributed by atoms with van der Waals surface area (Å²) in [6, 6.07) is 9.31. The minimum absolute atomic E-state index is 0.0178. The van der Waals surface area contributed by atoms with Crippen molar-refractivity contribution in [1.29, 1.82) is 0 Å². The molecule has 0 bridgehead atoms. The molecule has 2 aromatic rings. The Bertz CT molecular complexity index is 936. The number of benzene rings is 2. The lowest BCUT2D eigenvalue weighted by Crippen LogP contribution is -2.21. The molecule has 2 aromatic carbocycles. The minimum Gasteiger partial charge on any atom is -0.402 e. The number of nitrogens with zero attached hydrogens (tertiary/aromatic N) is 2. The van der Waals surface area contributed by atoms with Gasteiger partial charge in [-0.15, -0.1) is 0 Å². The predicted octanol–water partition coefficient (Wildman–Crippen LogP) is 4.81. The quantitative estimate of drug-likeness (QED) is 0.418. The fourth-order valence-corrected chi connectivity index (χ4v) is 2.97. The zero-order valence-electron chi connectivity index (χ0n) is 14.8. The van der Waals surface area contributed by atoms with Gasteiger partial charge in [0.2, 0.25) is 5.90 Å². The van der Waals surface area contributed by atoms with Gasteiger partial charge in [0.25, 0.3) is 0 Å². The molecule has 0 N–H and O–H groups in total. The summed E-state index contributed by atoms with van der Waals surface area (Å²) in [5.74, 6) is -3.02. The summed E-state index contributed by atoms with van der Waals surface area (Å²) in [6.45, 7) is 5.94. The van der Waals surface area contributed by atoms with E-state index in [1.165, 1.54) is 0 Å². The van der Waals surface area contributed by atoms with Gasteiger partial charge in [-0.05, 0) is 49.8 Å². The molecule has 1 aliphatic rings. The molecule has 0 aliphatic carbocycles. The summed E-state index contributed by atoms with van der Waals surface area (Å²) in [7, 11) is 0. The molecule has 0 unspecified atom stereocenters. The van der Waals surface area contributed by atoms with Crippen LogP contribution in [0.5, 0.6) is 0 Å². The monoisotopic (exact) mass is 390 g/mol. The maximum absolute atomic E-state index is 13.5. The van der Waals surface area contributed by atoms with Gasteiger partial charge in [0, 0.05) is 18.8 Å². The van der Waals surface area contributed by atoms with Gasteiger partial charge in [0.1, 0.15) is 0 Å². The Balaban J connectivity index is 1.89. The van der Waals surface area contributed by atoms with E-state index in [1.807, 2.05) is 24.3 Å². The van der Waals surface area contributed by atoms with Crippen molar-refractivity contribution in [3.8, 4) is 0 Å². The highest BCUT2D eigenvalue weighted by molar-refractivity contribution is 6.34. The first-order valence-electron chi connectivity index (χ1n) is 8.45. The van der Waals surface area contributed by atoms with Crippen LogP contribution in [-0.4, -0.2) is 25.0 Å². The lowest BCUT2D eigenvalue weighted by atomic mass is 10.1. The van der Waals surface area contributed by atoms with Crippen LogP contribution in [0.1, 0.15) is 25.0 Å². The molecule has 0 spiro atoms. The third-order valence-electron chi connectivity index (χ3n) is 4.19. The van der Waals surface area contributed by atoms with E-state index in [0.29, 0.717) is 0 Å². The number of rotatable bonds is 5. The molecule has 3 rings (SSSR count). The van der Waals surface area contributed by atoms with Crippen LogP contribution in [0.2, 0.25) is 5.02 Å². The Kier molecular flexibility index (Phi) is 5.56. The number of ether oxygens (including phenoxy) is 1. The molecule has 0 saturated carbocycles. The average Bonchev–Trinajstić information content (AvgIpc) is 3.01. The van der Waals surface area contributed by atoms with Crippen molar-refractivity contribution in [1.82, 2.24) is 0 Å². The lowest BCUT2D eigenvalue weighted by Gasteiger charge is -2.20. The van der Waals surface area contributed by atoms with E-state index >= 15 is 0 Å². The number of aliphatic imine (C=N–C) groups is 1. The summed E-state index contributed by atoms with van der Waals surface area (Å²) in [4.78, 5) is 18.3. The number of hydrogen-bond acceptors (Lipinski definition) is 4. The lowest BCUT2D eigenvalue weighted by molar-refractivity contribution is -0.129. The summed E-state index contributed by atoms with van der Waals surface area (Å²) in [6.07, 6.45) is 1.56. The van der Waals surface area contributed by atoms with Gasteiger partial charge < -0.3 is 9.64 Å². The van der Waals surface area contributed by atoms with Gasteiger partial charge in [-0.1, -0.05) is 23.7 Å². The second kappa shape index (κ2) is 7.88. The largest absolute Gasteiger partial charge is 0.402 e. The third-order valence-corrected chi connectivity index (χ3v) is 4.50. The minimum atomic E-state index is -1.10. The molecule has 0 atom stereocenters. The van der Waals surface area contributed by atoms with Crippen LogP contribution in [-0.2, 0) is 9.53 Å². The Morgan fingerprint density at radius 3 is 2.37 bits per heavy atom. The van der Waals surface area contributed by atoms with Crippen molar-refractivity contribution in [2.75, 3.05) is 18.0 Å². The van der Waals surface area contributed by atoms with Crippen LogP contribution in [0.25, 0.3) is 6.08 Å². The van der Waals surface area contributed by atoms with Gasteiger partial charge in [-0.3, -0.25) is 0 Å². The van der Waals surface area contributed by atoms with Crippen LogP contribution in [0, 0.1) is 11.6 Å². The number of anilines is 1. The van der Waals surface area contributed by atoms with Crippen molar-refractivity contribution in [2.45, 2.75) is 13.8 Å². The molecule has 7 heteroatoms. The molecule has 0 amide bonds. The number of cyclic esters (lactones) is 1. The molecule has 27 heavy (non-hydrogen) atoms. The van der Waals surface area contributed by atoms with E-state index in [1.54, 1.807) is 6.08 Å². The fourth-order valence-electron chi connectivity index (χ4n) is 2.74. The number of carbonyl (C=O) groups excluding carboxylic acids is 1. The van der Waals surface area contributed by atoms with Crippen LogP contribution >= 0.6 is 11.6 Å². The first-order valence-corrected chi connectivity index (χ1v) is 8.83. The number of hydrogen-bond donors (Lipinski definition) is 0. The standard InChI is InChI=1S/C20H17ClF2N2O2/c1-3-25(4-2)13-7-5-12(6-8-13)9-18-20(26)27-19(24-18)14-10-16(22)17(23)11-15(14)21/h5-11H,3-4H2,1-2H3/b18-9-. The van der Waals surface area contributed by atoms with E-state index in [2.05, 4.69) is 23.7 Å². The number of carbonyl (C=O) groups is 1. The molecule has 0 fully saturated rings. The SMILES string of the molecule is CCN(CC)c1ccc(/C=C2\N=C(c3cc(F)c(F)cc3Cl)OC2=O)cc1. The van der Waals surface area contributed by atoms with Gasteiger partial charge in [0.15, 0.2) is 17.3 Å². The molecule has 0 saturated heterocycles. The van der Waals surface area contributed by atoms with E-state index in [9.17, 15) is 13.6 Å². The highest BCUT2D eigenvalue weighted by Gasteiger charge is 2.26. The number of esters is 1. The Hall–Kier alpha value is -2.73. The van der Waals surface area contributed by atoms with Crippen LogP contribution < -0.4 is 4.90 Å². The van der Waals surface area contributed by atoms with Crippen molar-refractivity contribution < 1.29 is 18.3 Å². The van der Waals surface area contributed by atoms with E-state index in [-0.39, 0.29) is 22.2 Å². The second-order valence-electron chi connectivity index (χ2n) is 5.85. The molecule has 0 radical (unpaired) electrons. The van der Waals surface area contributed by atoms with Crippen LogP contribution in [0.4, 0.5) is 14.5 Å². The Labute approximate surface area is 160 Å². The van der Waals surface area contributed by atoms with Gasteiger partial charge in [-0.2, -0.15) is 0 Å². The molecular formula is C20H17ClF2N2O2. The molecule has 1 heterocycles. The van der Waals surface area contributed by atoms with Crippen molar-refractivity contribution >= 4 is 35.2 Å².